The highest BCUT2D eigenvalue weighted by atomic mass is 19.2. The summed E-state index contributed by atoms with van der Waals surface area (Å²) >= 11 is 0. The molecule has 0 saturated carbocycles. The smallest absolute Gasteiger partial charge is 0.203 e. The molecule has 0 N–H and O–H groups in total. The maximum absolute atomic E-state index is 13.4. The van der Waals surface area contributed by atoms with Gasteiger partial charge in [-0.2, -0.15) is 4.39 Å². The Morgan fingerprint density at radius 2 is 1.71 bits per heavy atom. The fraction of sp³-hybridized carbons (Fsp3) is 0.188. The van der Waals surface area contributed by atoms with Crippen molar-refractivity contribution in [3.05, 3.63) is 59.7 Å². The van der Waals surface area contributed by atoms with Gasteiger partial charge in [0.25, 0.3) is 0 Å². The van der Waals surface area contributed by atoms with E-state index in [4.69, 9.17) is 9.47 Å². The molecule has 0 atom stereocenters. The zero-order chi connectivity index (χ0) is 15.2. The Balaban J connectivity index is 2.10. The lowest BCUT2D eigenvalue weighted by atomic mass is 10.1. The highest BCUT2D eigenvalue weighted by Gasteiger charge is 2.15. The van der Waals surface area contributed by atoms with Crippen LogP contribution in [0.25, 0.3) is 0 Å². The molecule has 2 aromatic rings. The predicted molar refractivity (Wildman–Crippen MR) is 73.8 cm³/mol. The Kier molecular flexibility index (Phi) is 4.87. The molecule has 0 aliphatic carbocycles. The molecule has 2 rings (SSSR count). The molecule has 0 aromatic heterocycles. The van der Waals surface area contributed by atoms with Gasteiger partial charge >= 0.3 is 0 Å². The third kappa shape index (κ3) is 3.56. The van der Waals surface area contributed by atoms with E-state index >= 15 is 0 Å². The molecule has 0 unspecified atom stereocenters. The monoisotopic (exact) mass is 292 g/mol. The molecular weight excluding hydrogens is 278 g/mol. The van der Waals surface area contributed by atoms with E-state index in [9.17, 15) is 13.6 Å². The molecular formula is C16H14F2O3. The zero-order valence-electron chi connectivity index (χ0n) is 11.4. The standard InChI is InChI=1S/C16H14F2O3/c1-2-20-14-8-4-3-6-11(14)13(19)10-21-15-9-5-7-12(17)16(15)18/h3-9H,2,10H2,1H3. The van der Waals surface area contributed by atoms with Crippen LogP contribution in [0.5, 0.6) is 11.5 Å². The summed E-state index contributed by atoms with van der Waals surface area (Å²) in [4.78, 5) is 12.1. The van der Waals surface area contributed by atoms with E-state index in [0.29, 0.717) is 17.9 Å². The van der Waals surface area contributed by atoms with E-state index < -0.39 is 18.2 Å². The molecule has 110 valence electrons. The number of carbonyl (C=O) groups is 1. The molecule has 3 nitrogen and oxygen atoms in total. The van der Waals surface area contributed by atoms with Gasteiger partial charge in [0, 0.05) is 0 Å². The zero-order valence-corrected chi connectivity index (χ0v) is 11.4. The molecule has 0 bridgehead atoms. The second kappa shape index (κ2) is 6.83. The SMILES string of the molecule is CCOc1ccccc1C(=O)COc1cccc(F)c1F. The van der Waals surface area contributed by atoms with E-state index in [1.807, 2.05) is 0 Å². The summed E-state index contributed by atoms with van der Waals surface area (Å²) in [6, 6.07) is 10.3. The molecule has 0 spiro atoms. The predicted octanol–water partition coefficient (Wildman–Crippen LogP) is 3.63. The Labute approximate surface area is 121 Å². The molecule has 0 heterocycles. The Hall–Kier alpha value is -2.43. The molecule has 0 aliphatic heterocycles. The number of hydrogen-bond donors (Lipinski definition) is 0. The van der Waals surface area contributed by atoms with E-state index in [1.54, 1.807) is 31.2 Å². The first kappa shape index (κ1) is 15.0. The molecule has 0 amide bonds. The number of hydrogen-bond acceptors (Lipinski definition) is 3. The molecule has 0 aliphatic rings. The minimum atomic E-state index is -1.11. The maximum atomic E-state index is 13.4. The number of para-hydroxylation sites is 1. The lowest BCUT2D eigenvalue weighted by molar-refractivity contribution is 0.0914. The minimum Gasteiger partial charge on any atom is -0.493 e. The normalized spacial score (nSPS) is 10.2. The summed E-state index contributed by atoms with van der Waals surface area (Å²) in [5.41, 5.74) is 0.344. The summed E-state index contributed by atoms with van der Waals surface area (Å²) in [5, 5.41) is 0. The molecule has 0 fully saturated rings. The summed E-state index contributed by atoms with van der Waals surface area (Å²) < 4.78 is 36.8. The number of Topliss-reactive ketones (excluding diaryl/α,β-unsaturated/α-hetero) is 1. The maximum Gasteiger partial charge on any atom is 0.203 e. The van der Waals surface area contributed by atoms with Gasteiger partial charge in [0.15, 0.2) is 18.2 Å². The minimum absolute atomic E-state index is 0.294. The Morgan fingerprint density at radius 3 is 2.48 bits per heavy atom. The fourth-order valence-corrected chi connectivity index (χ4v) is 1.79. The van der Waals surface area contributed by atoms with Crippen LogP contribution in [0.15, 0.2) is 42.5 Å². The average Bonchev–Trinajstić information content (AvgIpc) is 2.49. The first-order valence-corrected chi connectivity index (χ1v) is 6.45. The van der Waals surface area contributed by atoms with Crippen molar-refractivity contribution < 1.29 is 23.0 Å². The highest BCUT2D eigenvalue weighted by molar-refractivity contribution is 5.99. The van der Waals surface area contributed by atoms with Crippen molar-refractivity contribution in [2.24, 2.45) is 0 Å². The van der Waals surface area contributed by atoms with E-state index in [0.717, 1.165) is 6.07 Å². The molecule has 21 heavy (non-hydrogen) atoms. The van der Waals surface area contributed by atoms with E-state index in [-0.39, 0.29) is 11.5 Å². The lowest BCUT2D eigenvalue weighted by Crippen LogP contribution is -2.14. The Morgan fingerprint density at radius 1 is 1.00 bits per heavy atom. The van der Waals surface area contributed by atoms with Gasteiger partial charge in [-0.15, -0.1) is 0 Å². The number of ether oxygens (including phenoxy) is 2. The second-order valence-corrected chi connectivity index (χ2v) is 4.19. The number of carbonyl (C=O) groups excluding carboxylic acids is 1. The highest BCUT2D eigenvalue weighted by Crippen LogP contribution is 2.21. The first-order valence-electron chi connectivity index (χ1n) is 6.45. The van der Waals surface area contributed by atoms with Gasteiger partial charge in [-0.25, -0.2) is 4.39 Å². The number of halogens is 2. The van der Waals surface area contributed by atoms with Crippen molar-refractivity contribution in [2.75, 3.05) is 13.2 Å². The van der Waals surface area contributed by atoms with Gasteiger partial charge in [-0.1, -0.05) is 18.2 Å². The van der Waals surface area contributed by atoms with Crippen molar-refractivity contribution >= 4 is 5.78 Å². The number of benzene rings is 2. The van der Waals surface area contributed by atoms with Crippen LogP contribution in [0.4, 0.5) is 8.78 Å². The van der Waals surface area contributed by atoms with Crippen LogP contribution in [-0.4, -0.2) is 19.0 Å². The van der Waals surface area contributed by atoms with Gasteiger partial charge in [0.1, 0.15) is 5.75 Å². The van der Waals surface area contributed by atoms with Gasteiger partial charge < -0.3 is 9.47 Å². The molecule has 5 heteroatoms. The van der Waals surface area contributed by atoms with Crippen LogP contribution < -0.4 is 9.47 Å². The second-order valence-electron chi connectivity index (χ2n) is 4.19. The van der Waals surface area contributed by atoms with Crippen LogP contribution in [0.3, 0.4) is 0 Å². The van der Waals surface area contributed by atoms with Gasteiger partial charge in [-0.05, 0) is 31.2 Å². The molecule has 0 saturated heterocycles. The summed E-state index contributed by atoms with van der Waals surface area (Å²) in [7, 11) is 0. The lowest BCUT2D eigenvalue weighted by Gasteiger charge is -2.10. The van der Waals surface area contributed by atoms with E-state index in [1.165, 1.54) is 12.1 Å². The Bertz CT molecular complexity index is 641. The summed E-state index contributed by atoms with van der Waals surface area (Å²) in [5.74, 6) is -2.36. The van der Waals surface area contributed by atoms with Crippen molar-refractivity contribution in [1.29, 1.82) is 0 Å². The van der Waals surface area contributed by atoms with Gasteiger partial charge in [0.2, 0.25) is 11.6 Å². The van der Waals surface area contributed by atoms with E-state index in [2.05, 4.69) is 0 Å². The summed E-state index contributed by atoms with van der Waals surface area (Å²) in [6.07, 6.45) is 0. The van der Waals surface area contributed by atoms with Crippen LogP contribution in [-0.2, 0) is 0 Å². The molecule has 0 radical (unpaired) electrons. The number of rotatable bonds is 6. The van der Waals surface area contributed by atoms with Crippen molar-refractivity contribution in [3.8, 4) is 11.5 Å². The molecule has 2 aromatic carbocycles. The van der Waals surface area contributed by atoms with Crippen LogP contribution in [0, 0.1) is 11.6 Å². The van der Waals surface area contributed by atoms with Crippen molar-refractivity contribution in [3.63, 3.8) is 0 Å². The van der Waals surface area contributed by atoms with Crippen molar-refractivity contribution in [2.45, 2.75) is 6.92 Å². The average molecular weight is 292 g/mol. The topological polar surface area (TPSA) is 35.5 Å². The van der Waals surface area contributed by atoms with Crippen LogP contribution >= 0.6 is 0 Å². The third-order valence-electron chi connectivity index (χ3n) is 2.76. The van der Waals surface area contributed by atoms with Crippen LogP contribution in [0.1, 0.15) is 17.3 Å². The largest absolute Gasteiger partial charge is 0.493 e. The van der Waals surface area contributed by atoms with Crippen molar-refractivity contribution in [1.82, 2.24) is 0 Å². The summed E-state index contributed by atoms with van der Waals surface area (Å²) in [6.45, 7) is 1.83. The van der Waals surface area contributed by atoms with Crippen LogP contribution in [0.2, 0.25) is 0 Å². The quantitative estimate of drug-likeness (QED) is 0.763. The third-order valence-corrected chi connectivity index (χ3v) is 2.76. The number of ketones is 1. The van der Waals surface area contributed by atoms with Gasteiger partial charge in [-0.3, -0.25) is 4.79 Å². The fourth-order valence-electron chi connectivity index (χ4n) is 1.79. The first-order chi connectivity index (χ1) is 10.1. The van der Waals surface area contributed by atoms with Gasteiger partial charge in [0.05, 0.1) is 12.2 Å².